The van der Waals surface area contributed by atoms with Crippen molar-refractivity contribution in [3.63, 3.8) is 0 Å². The third-order valence-electron chi connectivity index (χ3n) is 2.39. The standard InChI is InChI=1S/C13H21P/c1-4-10-14(11-5-2)13-8-6-12(3)7-9-13/h6-9H,4-5,10-11H2,1-3H3. The Morgan fingerprint density at radius 3 is 1.86 bits per heavy atom. The predicted octanol–water partition coefficient (Wildman–Crippen LogP) is 3.92. The number of benzene rings is 1. The summed E-state index contributed by atoms with van der Waals surface area (Å²) in [6.07, 6.45) is 5.43. The topological polar surface area (TPSA) is 0 Å². The fraction of sp³-hybridized carbons (Fsp3) is 0.538. The molecular weight excluding hydrogens is 187 g/mol. The summed E-state index contributed by atoms with van der Waals surface area (Å²) in [5, 5.41) is 1.59. The van der Waals surface area contributed by atoms with Crippen LogP contribution in [0.3, 0.4) is 0 Å². The fourth-order valence-corrected chi connectivity index (χ4v) is 4.06. The molecular formula is C13H21P. The van der Waals surface area contributed by atoms with Gasteiger partial charge in [-0.3, -0.25) is 0 Å². The number of rotatable bonds is 5. The van der Waals surface area contributed by atoms with Crippen molar-refractivity contribution in [2.24, 2.45) is 0 Å². The maximum Gasteiger partial charge on any atom is -0.0240 e. The van der Waals surface area contributed by atoms with E-state index in [2.05, 4.69) is 45.0 Å². The molecule has 1 aromatic rings. The van der Waals surface area contributed by atoms with Gasteiger partial charge in [0.05, 0.1) is 0 Å². The minimum Gasteiger partial charge on any atom is -0.0753 e. The van der Waals surface area contributed by atoms with Crippen molar-refractivity contribution in [1.29, 1.82) is 0 Å². The number of hydrogen-bond acceptors (Lipinski definition) is 0. The predicted molar refractivity (Wildman–Crippen MR) is 68.0 cm³/mol. The first-order chi connectivity index (χ1) is 6.77. The van der Waals surface area contributed by atoms with Crippen LogP contribution >= 0.6 is 7.92 Å². The summed E-state index contributed by atoms with van der Waals surface area (Å²) in [6.45, 7) is 6.74. The van der Waals surface area contributed by atoms with Gasteiger partial charge in [-0.15, -0.1) is 0 Å². The van der Waals surface area contributed by atoms with Gasteiger partial charge in [-0.25, -0.2) is 0 Å². The summed E-state index contributed by atoms with van der Waals surface area (Å²) < 4.78 is 0. The lowest BCUT2D eigenvalue weighted by molar-refractivity contribution is 1.06. The molecule has 1 rings (SSSR count). The van der Waals surface area contributed by atoms with Crippen molar-refractivity contribution >= 4 is 13.2 Å². The molecule has 0 saturated heterocycles. The minimum absolute atomic E-state index is 0.132. The highest BCUT2D eigenvalue weighted by molar-refractivity contribution is 7.65. The van der Waals surface area contributed by atoms with Crippen molar-refractivity contribution in [2.45, 2.75) is 33.6 Å². The van der Waals surface area contributed by atoms with Crippen LogP contribution in [0.15, 0.2) is 24.3 Å². The highest BCUT2D eigenvalue weighted by atomic mass is 31.1. The van der Waals surface area contributed by atoms with Crippen LogP contribution in [0.25, 0.3) is 0 Å². The summed E-state index contributed by atoms with van der Waals surface area (Å²) in [7, 11) is 0.132. The Morgan fingerprint density at radius 2 is 1.43 bits per heavy atom. The van der Waals surface area contributed by atoms with E-state index in [1.54, 1.807) is 5.30 Å². The van der Waals surface area contributed by atoms with Gasteiger partial charge in [0.25, 0.3) is 0 Å². The molecule has 0 N–H and O–H groups in total. The van der Waals surface area contributed by atoms with Crippen molar-refractivity contribution in [1.82, 2.24) is 0 Å². The van der Waals surface area contributed by atoms with E-state index >= 15 is 0 Å². The molecule has 0 atom stereocenters. The maximum atomic E-state index is 2.33. The van der Waals surface area contributed by atoms with Crippen molar-refractivity contribution in [3.05, 3.63) is 29.8 Å². The maximum absolute atomic E-state index is 2.33. The van der Waals surface area contributed by atoms with E-state index < -0.39 is 0 Å². The monoisotopic (exact) mass is 208 g/mol. The average molecular weight is 208 g/mol. The van der Waals surface area contributed by atoms with E-state index in [4.69, 9.17) is 0 Å². The molecule has 0 spiro atoms. The fourth-order valence-electron chi connectivity index (χ4n) is 1.67. The van der Waals surface area contributed by atoms with Crippen LogP contribution in [-0.2, 0) is 0 Å². The third-order valence-corrected chi connectivity index (χ3v) is 5.39. The summed E-state index contributed by atoms with van der Waals surface area (Å²) >= 11 is 0. The Bertz CT molecular complexity index is 244. The van der Waals surface area contributed by atoms with Crippen LogP contribution in [0.4, 0.5) is 0 Å². The summed E-state index contributed by atoms with van der Waals surface area (Å²) in [6, 6.07) is 9.14. The third kappa shape index (κ3) is 3.42. The second-order valence-electron chi connectivity index (χ2n) is 3.82. The summed E-state index contributed by atoms with van der Waals surface area (Å²) in [4.78, 5) is 0. The lowest BCUT2D eigenvalue weighted by Gasteiger charge is -2.16. The molecule has 78 valence electrons. The lowest BCUT2D eigenvalue weighted by atomic mass is 10.2. The Morgan fingerprint density at radius 1 is 0.929 bits per heavy atom. The first-order valence-electron chi connectivity index (χ1n) is 5.59. The molecule has 1 heteroatoms. The van der Waals surface area contributed by atoms with Gasteiger partial charge in [0.2, 0.25) is 0 Å². The second-order valence-corrected chi connectivity index (χ2v) is 6.31. The van der Waals surface area contributed by atoms with E-state index in [1.165, 1.54) is 30.7 Å². The van der Waals surface area contributed by atoms with Gasteiger partial charge >= 0.3 is 0 Å². The Balaban J connectivity index is 2.71. The average Bonchev–Trinajstić information content (AvgIpc) is 2.19. The molecule has 0 saturated carbocycles. The molecule has 0 radical (unpaired) electrons. The van der Waals surface area contributed by atoms with Gasteiger partial charge in [0.15, 0.2) is 0 Å². The molecule has 0 aliphatic heterocycles. The quantitative estimate of drug-likeness (QED) is 0.643. The summed E-state index contributed by atoms with van der Waals surface area (Å²) in [5.74, 6) is 0. The molecule has 0 fully saturated rings. The van der Waals surface area contributed by atoms with Crippen LogP contribution in [0.5, 0.6) is 0 Å². The first-order valence-corrected chi connectivity index (χ1v) is 7.30. The van der Waals surface area contributed by atoms with Gasteiger partial charge in [-0.2, -0.15) is 0 Å². The van der Waals surface area contributed by atoms with Crippen LogP contribution < -0.4 is 5.30 Å². The van der Waals surface area contributed by atoms with Gasteiger partial charge in [0.1, 0.15) is 0 Å². The molecule has 0 amide bonds. The SMILES string of the molecule is CCCP(CCC)c1ccc(C)cc1. The zero-order valence-electron chi connectivity index (χ0n) is 9.59. The molecule has 0 aliphatic carbocycles. The molecule has 0 nitrogen and oxygen atoms in total. The van der Waals surface area contributed by atoms with Crippen LogP contribution in [-0.4, -0.2) is 12.3 Å². The van der Waals surface area contributed by atoms with E-state index in [0.717, 1.165) is 0 Å². The van der Waals surface area contributed by atoms with E-state index in [0.29, 0.717) is 0 Å². The second kappa shape index (κ2) is 6.19. The van der Waals surface area contributed by atoms with Crippen molar-refractivity contribution < 1.29 is 0 Å². The normalized spacial score (nSPS) is 10.9. The Kier molecular flexibility index (Phi) is 5.19. The number of hydrogen-bond donors (Lipinski definition) is 0. The van der Waals surface area contributed by atoms with Crippen molar-refractivity contribution in [2.75, 3.05) is 12.3 Å². The largest absolute Gasteiger partial charge is 0.0753 e. The highest BCUT2D eigenvalue weighted by Gasteiger charge is 2.07. The van der Waals surface area contributed by atoms with Gasteiger partial charge in [-0.1, -0.05) is 64.4 Å². The van der Waals surface area contributed by atoms with Gasteiger partial charge in [-0.05, 0) is 24.6 Å². The first kappa shape index (κ1) is 11.7. The zero-order valence-corrected chi connectivity index (χ0v) is 10.5. The highest BCUT2D eigenvalue weighted by Crippen LogP contribution is 2.35. The molecule has 1 aromatic carbocycles. The molecule has 0 bridgehead atoms. The van der Waals surface area contributed by atoms with E-state index in [-0.39, 0.29) is 7.92 Å². The van der Waals surface area contributed by atoms with E-state index in [9.17, 15) is 0 Å². The van der Waals surface area contributed by atoms with Gasteiger partial charge in [0, 0.05) is 0 Å². The minimum atomic E-state index is 0.132. The molecule has 0 unspecified atom stereocenters. The molecule has 0 aromatic heterocycles. The molecule has 14 heavy (non-hydrogen) atoms. The Hall–Kier alpha value is -0.350. The summed E-state index contributed by atoms with van der Waals surface area (Å²) in [5.41, 5.74) is 1.37. The Labute approximate surface area is 89.5 Å². The van der Waals surface area contributed by atoms with E-state index in [1.807, 2.05) is 0 Å². The van der Waals surface area contributed by atoms with Crippen LogP contribution in [0.1, 0.15) is 32.3 Å². The molecule has 0 heterocycles. The smallest absolute Gasteiger partial charge is 0.0240 e. The van der Waals surface area contributed by atoms with Crippen LogP contribution in [0.2, 0.25) is 0 Å². The molecule has 0 aliphatic rings. The van der Waals surface area contributed by atoms with Crippen LogP contribution in [0, 0.1) is 6.92 Å². The zero-order chi connectivity index (χ0) is 10.4. The van der Waals surface area contributed by atoms with Crippen molar-refractivity contribution in [3.8, 4) is 0 Å². The lowest BCUT2D eigenvalue weighted by Crippen LogP contribution is -2.05. The van der Waals surface area contributed by atoms with Gasteiger partial charge < -0.3 is 0 Å². The number of aryl methyl sites for hydroxylation is 1.